The van der Waals surface area contributed by atoms with E-state index in [1.165, 1.54) is 10.4 Å². The lowest BCUT2D eigenvalue weighted by atomic mass is 9.87. The lowest BCUT2D eigenvalue weighted by molar-refractivity contribution is -0.160. The molecule has 0 bridgehead atoms. The molecule has 1 aliphatic carbocycles. The summed E-state index contributed by atoms with van der Waals surface area (Å²) in [7, 11) is 0. The topological polar surface area (TPSA) is 46.5 Å². The van der Waals surface area contributed by atoms with Crippen molar-refractivity contribution in [3.8, 4) is 5.75 Å². The van der Waals surface area contributed by atoms with Gasteiger partial charge in [-0.1, -0.05) is 6.07 Å². The molecule has 0 amide bonds. The van der Waals surface area contributed by atoms with Crippen LogP contribution in [0.5, 0.6) is 5.75 Å². The summed E-state index contributed by atoms with van der Waals surface area (Å²) < 4.78 is 6.61. The zero-order valence-corrected chi connectivity index (χ0v) is 13.4. The summed E-state index contributed by atoms with van der Waals surface area (Å²) in [6, 6.07) is 5.63. The van der Waals surface area contributed by atoms with Crippen LogP contribution in [0, 0.1) is 5.92 Å². The van der Waals surface area contributed by atoms with Gasteiger partial charge in [0, 0.05) is 15.0 Å². The number of carbonyl (C=O) groups excluding carboxylic acids is 1. The van der Waals surface area contributed by atoms with Gasteiger partial charge in [0.05, 0.1) is 5.92 Å². The van der Waals surface area contributed by atoms with E-state index >= 15 is 0 Å². The number of hydrogen-bond acceptors (Lipinski definition) is 4. The highest BCUT2D eigenvalue weighted by atomic mass is 32.1. The predicted molar refractivity (Wildman–Crippen MR) is 84.8 cm³/mol. The molecule has 1 aromatic heterocycles. The molecule has 1 N–H and O–H groups in total. The molecular weight excluding hydrogens is 284 g/mol. The number of rotatable bonds is 1. The minimum atomic E-state index is -0.435. The standard InChI is InChI=1S/C17H20O3S/c1-17(2,3)20-16(19)10-7-8-11-14(9-10)21-13-6-4-5-12(18)15(11)13/h4-6,10,18H,7-9H2,1-3H3. The minimum absolute atomic E-state index is 0.0630. The molecule has 0 saturated heterocycles. The average molecular weight is 304 g/mol. The van der Waals surface area contributed by atoms with E-state index in [2.05, 4.69) is 0 Å². The van der Waals surface area contributed by atoms with Crippen molar-refractivity contribution < 1.29 is 14.6 Å². The Bertz CT molecular complexity index is 694. The van der Waals surface area contributed by atoms with E-state index in [1.54, 1.807) is 17.4 Å². The van der Waals surface area contributed by atoms with Gasteiger partial charge in [-0.05, 0) is 57.7 Å². The number of esters is 1. The van der Waals surface area contributed by atoms with Gasteiger partial charge in [-0.25, -0.2) is 0 Å². The van der Waals surface area contributed by atoms with Crippen molar-refractivity contribution in [3.05, 3.63) is 28.6 Å². The van der Waals surface area contributed by atoms with E-state index in [1.807, 2.05) is 32.9 Å². The summed E-state index contributed by atoms with van der Waals surface area (Å²) in [4.78, 5) is 13.5. The number of hydrogen-bond donors (Lipinski definition) is 1. The number of phenols is 1. The summed E-state index contributed by atoms with van der Waals surface area (Å²) in [5.41, 5.74) is 0.781. The second-order valence-electron chi connectivity index (χ2n) is 6.63. The molecule has 1 heterocycles. The fraction of sp³-hybridized carbons (Fsp3) is 0.471. The van der Waals surface area contributed by atoms with Gasteiger partial charge >= 0.3 is 5.97 Å². The molecule has 3 nitrogen and oxygen atoms in total. The van der Waals surface area contributed by atoms with Crippen molar-refractivity contribution in [3.63, 3.8) is 0 Å². The minimum Gasteiger partial charge on any atom is -0.507 e. The Morgan fingerprint density at radius 3 is 2.86 bits per heavy atom. The Labute approximate surface area is 128 Å². The van der Waals surface area contributed by atoms with Crippen LogP contribution < -0.4 is 0 Å². The summed E-state index contributed by atoms with van der Waals surface area (Å²) >= 11 is 1.69. The normalized spacial score (nSPS) is 18.5. The molecule has 1 aromatic carbocycles. The van der Waals surface area contributed by atoms with Gasteiger partial charge in [-0.2, -0.15) is 0 Å². The van der Waals surface area contributed by atoms with Gasteiger partial charge in [0.25, 0.3) is 0 Å². The van der Waals surface area contributed by atoms with Crippen molar-refractivity contribution in [1.82, 2.24) is 0 Å². The maximum atomic E-state index is 12.2. The van der Waals surface area contributed by atoms with E-state index in [9.17, 15) is 9.90 Å². The van der Waals surface area contributed by atoms with Crippen LogP contribution in [0.1, 0.15) is 37.6 Å². The number of thiophene rings is 1. The summed E-state index contributed by atoms with van der Waals surface area (Å²) in [5, 5.41) is 11.0. The number of fused-ring (bicyclic) bond motifs is 3. The lowest BCUT2D eigenvalue weighted by Crippen LogP contribution is -2.31. The van der Waals surface area contributed by atoms with Crippen LogP contribution in [-0.2, 0) is 22.4 Å². The van der Waals surface area contributed by atoms with Gasteiger partial charge in [0.15, 0.2) is 0 Å². The first-order valence-electron chi connectivity index (χ1n) is 7.30. The van der Waals surface area contributed by atoms with E-state index in [4.69, 9.17) is 4.74 Å². The average Bonchev–Trinajstić information content (AvgIpc) is 2.75. The maximum absolute atomic E-state index is 12.2. The molecule has 0 radical (unpaired) electrons. The van der Waals surface area contributed by atoms with E-state index in [0.717, 1.165) is 29.3 Å². The Balaban J connectivity index is 1.88. The highest BCUT2D eigenvalue weighted by Crippen LogP contribution is 2.42. The molecule has 2 aromatic rings. The summed E-state index contributed by atoms with van der Waals surface area (Å²) in [6.45, 7) is 5.70. The van der Waals surface area contributed by atoms with Crippen LogP contribution >= 0.6 is 11.3 Å². The quantitative estimate of drug-likeness (QED) is 0.808. The van der Waals surface area contributed by atoms with Gasteiger partial charge in [0.2, 0.25) is 0 Å². The third kappa shape index (κ3) is 2.77. The Hall–Kier alpha value is -1.55. The van der Waals surface area contributed by atoms with Crippen LogP contribution in [0.15, 0.2) is 18.2 Å². The van der Waals surface area contributed by atoms with Crippen LogP contribution in [0.4, 0.5) is 0 Å². The van der Waals surface area contributed by atoms with Gasteiger partial charge in [-0.3, -0.25) is 4.79 Å². The molecule has 1 aliphatic rings. The van der Waals surface area contributed by atoms with E-state index in [-0.39, 0.29) is 11.9 Å². The fourth-order valence-corrected chi connectivity index (χ4v) is 4.26. The van der Waals surface area contributed by atoms with Crippen molar-refractivity contribution in [1.29, 1.82) is 0 Å². The summed E-state index contributed by atoms with van der Waals surface area (Å²) in [5.74, 6) is 0.183. The van der Waals surface area contributed by atoms with Gasteiger partial charge < -0.3 is 9.84 Å². The molecule has 0 spiro atoms. The van der Waals surface area contributed by atoms with E-state index in [0.29, 0.717) is 5.75 Å². The van der Waals surface area contributed by atoms with Crippen LogP contribution in [0.3, 0.4) is 0 Å². The first-order valence-corrected chi connectivity index (χ1v) is 8.12. The monoisotopic (exact) mass is 304 g/mol. The smallest absolute Gasteiger partial charge is 0.309 e. The number of benzene rings is 1. The highest BCUT2D eigenvalue weighted by Gasteiger charge is 2.31. The molecule has 21 heavy (non-hydrogen) atoms. The Kier molecular flexibility index (Phi) is 3.44. The van der Waals surface area contributed by atoms with Gasteiger partial charge in [0.1, 0.15) is 11.4 Å². The molecule has 1 unspecified atom stereocenters. The van der Waals surface area contributed by atoms with Crippen molar-refractivity contribution in [2.75, 3.05) is 0 Å². The third-order valence-corrected chi connectivity index (χ3v) is 5.01. The lowest BCUT2D eigenvalue weighted by Gasteiger charge is -2.26. The number of aryl methyl sites for hydroxylation is 1. The maximum Gasteiger partial charge on any atom is 0.309 e. The molecule has 4 heteroatoms. The molecule has 0 fully saturated rings. The van der Waals surface area contributed by atoms with Crippen LogP contribution in [0.25, 0.3) is 10.1 Å². The SMILES string of the molecule is CC(C)(C)OC(=O)C1CCc2c(sc3cccc(O)c23)C1. The Morgan fingerprint density at radius 2 is 2.14 bits per heavy atom. The van der Waals surface area contributed by atoms with E-state index < -0.39 is 5.60 Å². The van der Waals surface area contributed by atoms with Gasteiger partial charge in [-0.15, -0.1) is 11.3 Å². The molecule has 3 rings (SSSR count). The third-order valence-electron chi connectivity index (χ3n) is 3.79. The molecule has 0 aliphatic heterocycles. The zero-order chi connectivity index (χ0) is 15.2. The second kappa shape index (κ2) is 5.02. The second-order valence-corrected chi connectivity index (χ2v) is 7.76. The van der Waals surface area contributed by atoms with Crippen LogP contribution in [0.2, 0.25) is 0 Å². The van der Waals surface area contributed by atoms with Crippen molar-refractivity contribution in [2.24, 2.45) is 5.92 Å². The van der Waals surface area contributed by atoms with Crippen molar-refractivity contribution in [2.45, 2.75) is 45.6 Å². The zero-order valence-electron chi connectivity index (χ0n) is 12.6. The number of phenolic OH excluding ortho intramolecular Hbond substituents is 1. The first-order chi connectivity index (χ1) is 9.85. The Morgan fingerprint density at radius 1 is 1.38 bits per heavy atom. The first kappa shape index (κ1) is 14.4. The highest BCUT2D eigenvalue weighted by molar-refractivity contribution is 7.19. The van der Waals surface area contributed by atoms with Crippen molar-refractivity contribution >= 4 is 27.4 Å². The summed E-state index contributed by atoms with van der Waals surface area (Å²) in [6.07, 6.45) is 2.35. The number of carbonyl (C=O) groups is 1. The molecule has 112 valence electrons. The fourth-order valence-electron chi connectivity index (χ4n) is 2.90. The number of ether oxygens (including phenoxy) is 1. The predicted octanol–water partition coefficient (Wildman–Crippen LogP) is 4.05. The largest absolute Gasteiger partial charge is 0.507 e. The number of aromatic hydroxyl groups is 1. The molecular formula is C17H20O3S. The van der Waals surface area contributed by atoms with Crippen LogP contribution in [-0.4, -0.2) is 16.7 Å². The molecule has 1 atom stereocenters. The molecule has 0 saturated carbocycles.